The monoisotopic (exact) mass is 332 g/mol. The molecule has 0 radical (unpaired) electrons. The van der Waals surface area contributed by atoms with Gasteiger partial charge in [0.25, 0.3) is 5.91 Å². The number of carbonyl (C=O) groups is 2. The minimum atomic E-state index is -0.694. The quantitative estimate of drug-likeness (QED) is 0.887. The molecule has 0 saturated carbocycles. The Balaban J connectivity index is 2.91. The van der Waals surface area contributed by atoms with Crippen LogP contribution in [0.25, 0.3) is 0 Å². The van der Waals surface area contributed by atoms with Gasteiger partial charge in [0.05, 0.1) is 5.56 Å². The zero-order chi connectivity index (χ0) is 13.9. The van der Waals surface area contributed by atoms with Crippen molar-refractivity contribution in [1.82, 2.24) is 5.32 Å². The first-order chi connectivity index (χ1) is 8.32. The first-order valence-corrected chi connectivity index (χ1v) is 6.55. The van der Waals surface area contributed by atoms with Gasteiger partial charge in [0, 0.05) is 9.50 Å². The Morgan fingerprint density at radius 2 is 2.00 bits per heavy atom. The fraction of sp³-hybridized carbons (Fsp3) is 0.333. The SMILES string of the molecule is CC(C)C(NC(=O)c1ccc(Cl)cc1Br)C(N)=O. The van der Waals surface area contributed by atoms with Crippen molar-refractivity contribution in [1.29, 1.82) is 0 Å². The largest absolute Gasteiger partial charge is 0.368 e. The van der Waals surface area contributed by atoms with E-state index in [2.05, 4.69) is 21.2 Å². The van der Waals surface area contributed by atoms with Crippen LogP contribution in [-0.4, -0.2) is 17.9 Å². The second-order valence-corrected chi connectivity index (χ2v) is 5.51. The van der Waals surface area contributed by atoms with Crippen LogP contribution in [0.1, 0.15) is 24.2 Å². The van der Waals surface area contributed by atoms with E-state index >= 15 is 0 Å². The summed E-state index contributed by atoms with van der Waals surface area (Å²) in [6.07, 6.45) is 0. The van der Waals surface area contributed by atoms with Crippen LogP contribution < -0.4 is 11.1 Å². The molecule has 0 saturated heterocycles. The van der Waals surface area contributed by atoms with Crippen molar-refractivity contribution in [3.8, 4) is 0 Å². The number of benzene rings is 1. The van der Waals surface area contributed by atoms with Gasteiger partial charge >= 0.3 is 0 Å². The topological polar surface area (TPSA) is 72.2 Å². The third-order valence-electron chi connectivity index (χ3n) is 2.44. The molecule has 0 heterocycles. The van der Waals surface area contributed by atoms with Gasteiger partial charge in [0.1, 0.15) is 6.04 Å². The van der Waals surface area contributed by atoms with Gasteiger partial charge in [-0.15, -0.1) is 0 Å². The number of primary amides is 1. The first-order valence-electron chi connectivity index (χ1n) is 5.38. The fourth-order valence-electron chi connectivity index (χ4n) is 1.46. The van der Waals surface area contributed by atoms with E-state index in [0.29, 0.717) is 15.1 Å². The van der Waals surface area contributed by atoms with Gasteiger partial charge in [0.15, 0.2) is 0 Å². The third kappa shape index (κ3) is 3.71. The Morgan fingerprint density at radius 3 is 2.44 bits per heavy atom. The Labute approximate surface area is 119 Å². The number of amides is 2. The van der Waals surface area contributed by atoms with Crippen molar-refractivity contribution in [3.63, 3.8) is 0 Å². The number of hydrogen-bond donors (Lipinski definition) is 2. The van der Waals surface area contributed by atoms with Crippen LogP contribution in [0.5, 0.6) is 0 Å². The van der Waals surface area contributed by atoms with Gasteiger partial charge in [0.2, 0.25) is 5.91 Å². The Kier molecular flexibility index (Phi) is 5.16. The molecule has 0 spiro atoms. The highest BCUT2D eigenvalue weighted by molar-refractivity contribution is 9.10. The summed E-state index contributed by atoms with van der Waals surface area (Å²) >= 11 is 9.04. The molecule has 1 aromatic rings. The van der Waals surface area contributed by atoms with E-state index in [-0.39, 0.29) is 11.8 Å². The van der Waals surface area contributed by atoms with E-state index in [1.807, 2.05) is 13.8 Å². The van der Waals surface area contributed by atoms with Crippen molar-refractivity contribution >= 4 is 39.3 Å². The molecule has 0 aliphatic rings. The highest BCUT2D eigenvalue weighted by Crippen LogP contribution is 2.21. The molecule has 3 N–H and O–H groups in total. The van der Waals surface area contributed by atoms with Crippen LogP contribution in [0.4, 0.5) is 0 Å². The smallest absolute Gasteiger partial charge is 0.253 e. The summed E-state index contributed by atoms with van der Waals surface area (Å²) in [5.41, 5.74) is 5.65. The highest BCUT2D eigenvalue weighted by Gasteiger charge is 2.23. The number of hydrogen-bond acceptors (Lipinski definition) is 2. The average Bonchev–Trinajstić information content (AvgIpc) is 2.24. The predicted molar refractivity (Wildman–Crippen MR) is 74.4 cm³/mol. The van der Waals surface area contributed by atoms with E-state index in [0.717, 1.165) is 0 Å². The van der Waals surface area contributed by atoms with Gasteiger partial charge in [-0.05, 0) is 40.0 Å². The molecule has 0 aliphatic heterocycles. The maximum absolute atomic E-state index is 12.0. The minimum Gasteiger partial charge on any atom is -0.368 e. The Hall–Kier alpha value is -1.07. The van der Waals surface area contributed by atoms with E-state index in [1.54, 1.807) is 18.2 Å². The van der Waals surface area contributed by atoms with Crippen molar-refractivity contribution in [3.05, 3.63) is 33.3 Å². The molecule has 4 nitrogen and oxygen atoms in total. The summed E-state index contributed by atoms with van der Waals surface area (Å²) in [4.78, 5) is 23.2. The maximum Gasteiger partial charge on any atom is 0.253 e. The molecule has 18 heavy (non-hydrogen) atoms. The number of nitrogens with one attached hydrogen (secondary N) is 1. The van der Waals surface area contributed by atoms with Crippen LogP contribution in [0.3, 0.4) is 0 Å². The number of nitrogens with two attached hydrogens (primary N) is 1. The molecule has 2 amide bonds. The van der Waals surface area contributed by atoms with E-state index < -0.39 is 11.9 Å². The van der Waals surface area contributed by atoms with Gasteiger partial charge in [-0.25, -0.2) is 0 Å². The summed E-state index contributed by atoms with van der Waals surface area (Å²) in [5, 5.41) is 3.13. The zero-order valence-electron chi connectivity index (χ0n) is 10.0. The van der Waals surface area contributed by atoms with Crippen LogP contribution >= 0.6 is 27.5 Å². The van der Waals surface area contributed by atoms with Crippen molar-refractivity contribution in [2.75, 3.05) is 0 Å². The van der Waals surface area contributed by atoms with E-state index in [1.165, 1.54) is 0 Å². The second kappa shape index (κ2) is 6.20. The van der Waals surface area contributed by atoms with Crippen LogP contribution in [0, 0.1) is 5.92 Å². The Bertz CT molecular complexity index is 477. The molecule has 0 aromatic heterocycles. The first kappa shape index (κ1) is 15.0. The van der Waals surface area contributed by atoms with Crippen molar-refractivity contribution in [2.45, 2.75) is 19.9 Å². The summed E-state index contributed by atoms with van der Waals surface area (Å²) in [7, 11) is 0. The summed E-state index contributed by atoms with van der Waals surface area (Å²) in [6, 6.07) is 4.11. The molecule has 0 fully saturated rings. The molecular weight excluding hydrogens is 320 g/mol. The maximum atomic E-state index is 12.0. The standard InChI is InChI=1S/C12H14BrClN2O2/c1-6(2)10(11(15)17)16-12(18)8-4-3-7(14)5-9(8)13/h3-6,10H,1-2H3,(H2,15,17)(H,16,18). The van der Waals surface area contributed by atoms with Gasteiger partial charge in [-0.2, -0.15) is 0 Å². The van der Waals surface area contributed by atoms with Crippen LogP contribution in [0.2, 0.25) is 5.02 Å². The molecule has 98 valence electrons. The second-order valence-electron chi connectivity index (χ2n) is 4.22. The van der Waals surface area contributed by atoms with Crippen molar-refractivity contribution in [2.24, 2.45) is 11.7 Å². The van der Waals surface area contributed by atoms with E-state index in [9.17, 15) is 9.59 Å². The van der Waals surface area contributed by atoms with Crippen LogP contribution in [-0.2, 0) is 4.79 Å². The van der Waals surface area contributed by atoms with Crippen LogP contribution in [0.15, 0.2) is 22.7 Å². The third-order valence-corrected chi connectivity index (χ3v) is 3.33. The zero-order valence-corrected chi connectivity index (χ0v) is 12.4. The fourth-order valence-corrected chi connectivity index (χ4v) is 2.32. The number of halogens is 2. The molecule has 1 unspecified atom stereocenters. The van der Waals surface area contributed by atoms with E-state index in [4.69, 9.17) is 17.3 Å². The molecule has 0 bridgehead atoms. The summed E-state index contributed by atoms with van der Waals surface area (Å²) in [5.74, 6) is -0.989. The van der Waals surface area contributed by atoms with Crippen molar-refractivity contribution < 1.29 is 9.59 Å². The lowest BCUT2D eigenvalue weighted by atomic mass is 10.0. The minimum absolute atomic E-state index is 0.0717. The lowest BCUT2D eigenvalue weighted by Gasteiger charge is -2.19. The number of rotatable bonds is 4. The predicted octanol–water partition coefficient (Wildman–Crippen LogP) is 2.34. The molecule has 0 aliphatic carbocycles. The molecule has 1 rings (SSSR count). The molecule has 6 heteroatoms. The average molecular weight is 334 g/mol. The number of carbonyl (C=O) groups excluding carboxylic acids is 2. The summed E-state index contributed by atoms with van der Waals surface area (Å²) in [6.45, 7) is 3.62. The summed E-state index contributed by atoms with van der Waals surface area (Å²) < 4.78 is 0.569. The normalized spacial score (nSPS) is 12.3. The molecule has 1 aromatic carbocycles. The lowest BCUT2D eigenvalue weighted by Crippen LogP contribution is -2.47. The lowest BCUT2D eigenvalue weighted by molar-refractivity contribution is -0.120. The van der Waals surface area contributed by atoms with Gasteiger partial charge in [-0.3, -0.25) is 9.59 Å². The van der Waals surface area contributed by atoms with Gasteiger partial charge in [-0.1, -0.05) is 25.4 Å². The molecular formula is C12H14BrClN2O2. The van der Waals surface area contributed by atoms with Gasteiger partial charge < -0.3 is 11.1 Å². The highest BCUT2D eigenvalue weighted by atomic mass is 79.9. The Morgan fingerprint density at radius 1 is 1.39 bits per heavy atom. The molecule has 1 atom stereocenters.